The fraction of sp³-hybridized carbons (Fsp3) is 0.583. The van der Waals surface area contributed by atoms with Gasteiger partial charge >= 0.3 is 0 Å². The normalized spacial score (nSPS) is 17.5. The number of carbonyl (C=O) groups excluding carboxylic acids is 1. The van der Waals surface area contributed by atoms with Gasteiger partial charge in [0.05, 0.1) is 5.69 Å². The van der Waals surface area contributed by atoms with Crippen LogP contribution < -0.4 is 4.90 Å². The summed E-state index contributed by atoms with van der Waals surface area (Å²) in [5, 5.41) is 8.21. The molecule has 1 aliphatic rings. The highest BCUT2D eigenvalue weighted by Gasteiger charge is 2.22. The maximum atomic E-state index is 11.2. The monoisotopic (exact) mass is 219 g/mol. The summed E-state index contributed by atoms with van der Waals surface area (Å²) in [5.74, 6) is 1.28. The van der Waals surface area contributed by atoms with Gasteiger partial charge in [-0.1, -0.05) is 0 Å². The molecule has 16 heavy (non-hydrogen) atoms. The number of rotatable bonds is 2. The van der Waals surface area contributed by atoms with E-state index in [4.69, 9.17) is 0 Å². The van der Waals surface area contributed by atoms with Crippen molar-refractivity contribution < 1.29 is 4.79 Å². The van der Waals surface area contributed by atoms with E-state index in [1.165, 1.54) is 0 Å². The van der Waals surface area contributed by atoms with Crippen LogP contribution in [-0.2, 0) is 4.79 Å². The molecule has 0 aromatic carbocycles. The standard InChI is InChI=1S/C12H17N3O/c1-9-3-8-12(14-13-9)15(2)10-4-6-11(16)7-5-10/h3,8,10H,4-7H2,1-2H3. The van der Waals surface area contributed by atoms with Gasteiger partial charge in [-0.05, 0) is 31.9 Å². The fourth-order valence-corrected chi connectivity index (χ4v) is 2.08. The Labute approximate surface area is 95.7 Å². The first-order valence-corrected chi connectivity index (χ1v) is 5.71. The van der Waals surface area contributed by atoms with Crippen molar-refractivity contribution in [2.45, 2.75) is 38.6 Å². The van der Waals surface area contributed by atoms with Crippen molar-refractivity contribution >= 4 is 11.6 Å². The van der Waals surface area contributed by atoms with Gasteiger partial charge in [0.25, 0.3) is 0 Å². The average molecular weight is 219 g/mol. The lowest BCUT2D eigenvalue weighted by molar-refractivity contribution is -0.120. The molecule has 1 saturated carbocycles. The van der Waals surface area contributed by atoms with Gasteiger partial charge in [0, 0.05) is 25.9 Å². The second kappa shape index (κ2) is 4.60. The van der Waals surface area contributed by atoms with E-state index in [2.05, 4.69) is 15.1 Å². The van der Waals surface area contributed by atoms with E-state index < -0.39 is 0 Å². The van der Waals surface area contributed by atoms with Gasteiger partial charge in [-0.3, -0.25) is 4.79 Å². The molecule has 0 unspecified atom stereocenters. The van der Waals surface area contributed by atoms with E-state index in [0.29, 0.717) is 24.7 Å². The van der Waals surface area contributed by atoms with Crippen molar-refractivity contribution in [2.24, 2.45) is 0 Å². The van der Waals surface area contributed by atoms with Crippen molar-refractivity contribution in [3.05, 3.63) is 17.8 Å². The van der Waals surface area contributed by atoms with E-state index in [1.807, 2.05) is 26.1 Å². The Kier molecular flexibility index (Phi) is 3.17. The van der Waals surface area contributed by atoms with Crippen LogP contribution in [0.1, 0.15) is 31.4 Å². The Bertz CT molecular complexity index is 364. The molecule has 4 nitrogen and oxygen atoms in total. The zero-order valence-electron chi connectivity index (χ0n) is 9.81. The number of hydrogen-bond donors (Lipinski definition) is 0. The lowest BCUT2D eigenvalue weighted by Crippen LogP contribution is -2.35. The van der Waals surface area contributed by atoms with Crippen LogP contribution in [0.25, 0.3) is 0 Å². The van der Waals surface area contributed by atoms with Crippen LogP contribution in [0.15, 0.2) is 12.1 Å². The minimum Gasteiger partial charge on any atom is -0.355 e. The summed E-state index contributed by atoms with van der Waals surface area (Å²) >= 11 is 0. The molecule has 4 heteroatoms. The van der Waals surface area contributed by atoms with Gasteiger partial charge in [0.15, 0.2) is 5.82 Å². The molecule has 2 rings (SSSR count). The number of nitrogens with zero attached hydrogens (tertiary/aromatic N) is 3. The molecular formula is C12H17N3O. The number of anilines is 1. The van der Waals surface area contributed by atoms with E-state index in [1.54, 1.807) is 0 Å². The maximum absolute atomic E-state index is 11.2. The van der Waals surface area contributed by atoms with Crippen LogP contribution in [0.5, 0.6) is 0 Å². The molecule has 1 aromatic rings. The number of hydrogen-bond acceptors (Lipinski definition) is 4. The van der Waals surface area contributed by atoms with Crippen molar-refractivity contribution in [1.29, 1.82) is 0 Å². The number of ketones is 1. The van der Waals surface area contributed by atoms with E-state index in [9.17, 15) is 4.79 Å². The minimum absolute atomic E-state index is 0.389. The van der Waals surface area contributed by atoms with Crippen LogP contribution in [0.2, 0.25) is 0 Å². The fourth-order valence-electron chi connectivity index (χ4n) is 2.08. The maximum Gasteiger partial charge on any atom is 0.151 e. The van der Waals surface area contributed by atoms with Gasteiger partial charge < -0.3 is 4.90 Å². The minimum atomic E-state index is 0.389. The Morgan fingerprint density at radius 3 is 2.50 bits per heavy atom. The molecule has 1 heterocycles. The zero-order chi connectivity index (χ0) is 11.5. The lowest BCUT2D eigenvalue weighted by atomic mass is 9.93. The predicted molar refractivity (Wildman–Crippen MR) is 62.4 cm³/mol. The summed E-state index contributed by atoms with van der Waals surface area (Å²) < 4.78 is 0. The molecule has 86 valence electrons. The van der Waals surface area contributed by atoms with Crippen LogP contribution >= 0.6 is 0 Å². The van der Waals surface area contributed by atoms with Crippen molar-refractivity contribution in [3.8, 4) is 0 Å². The Balaban J connectivity index is 2.04. The number of aromatic nitrogens is 2. The molecule has 0 amide bonds. The summed E-state index contributed by atoms with van der Waals surface area (Å²) in [6.07, 6.45) is 3.28. The molecule has 0 aliphatic heterocycles. The largest absolute Gasteiger partial charge is 0.355 e. The highest BCUT2D eigenvalue weighted by Crippen LogP contribution is 2.22. The molecule has 1 aromatic heterocycles. The molecule has 1 fully saturated rings. The third-order valence-electron chi connectivity index (χ3n) is 3.21. The predicted octanol–water partition coefficient (Wildman–Crippen LogP) is 1.73. The van der Waals surface area contributed by atoms with Crippen LogP contribution in [-0.4, -0.2) is 29.1 Å². The van der Waals surface area contributed by atoms with E-state index in [0.717, 1.165) is 24.4 Å². The Hall–Kier alpha value is -1.45. The number of Topliss-reactive ketones (excluding diaryl/α,β-unsaturated/α-hetero) is 1. The second-order valence-electron chi connectivity index (χ2n) is 4.41. The molecule has 1 aliphatic carbocycles. The van der Waals surface area contributed by atoms with E-state index in [-0.39, 0.29) is 0 Å². The molecule has 0 N–H and O–H groups in total. The lowest BCUT2D eigenvalue weighted by Gasteiger charge is -2.31. The SMILES string of the molecule is Cc1ccc(N(C)C2CCC(=O)CC2)nn1. The summed E-state index contributed by atoms with van der Waals surface area (Å²) in [4.78, 5) is 13.3. The summed E-state index contributed by atoms with van der Waals surface area (Å²) in [5.41, 5.74) is 0.927. The second-order valence-corrected chi connectivity index (χ2v) is 4.41. The molecule has 0 radical (unpaired) electrons. The molecule has 0 bridgehead atoms. The number of aryl methyl sites for hydroxylation is 1. The van der Waals surface area contributed by atoms with Crippen LogP contribution in [0, 0.1) is 6.92 Å². The van der Waals surface area contributed by atoms with Crippen LogP contribution in [0.3, 0.4) is 0 Å². The van der Waals surface area contributed by atoms with Gasteiger partial charge in [-0.25, -0.2) is 0 Å². The summed E-state index contributed by atoms with van der Waals surface area (Å²) in [7, 11) is 2.03. The molecule has 0 spiro atoms. The first-order chi connectivity index (χ1) is 7.66. The van der Waals surface area contributed by atoms with Gasteiger partial charge in [0.1, 0.15) is 5.78 Å². The smallest absolute Gasteiger partial charge is 0.151 e. The number of carbonyl (C=O) groups is 1. The van der Waals surface area contributed by atoms with E-state index >= 15 is 0 Å². The third kappa shape index (κ3) is 2.38. The third-order valence-corrected chi connectivity index (χ3v) is 3.21. The van der Waals surface area contributed by atoms with Gasteiger partial charge in [-0.15, -0.1) is 5.10 Å². The molecule has 0 atom stereocenters. The van der Waals surface area contributed by atoms with Crippen molar-refractivity contribution in [1.82, 2.24) is 10.2 Å². The van der Waals surface area contributed by atoms with Gasteiger partial charge in [-0.2, -0.15) is 5.10 Å². The Morgan fingerprint density at radius 1 is 1.25 bits per heavy atom. The van der Waals surface area contributed by atoms with Crippen molar-refractivity contribution in [3.63, 3.8) is 0 Å². The van der Waals surface area contributed by atoms with Crippen molar-refractivity contribution in [2.75, 3.05) is 11.9 Å². The summed E-state index contributed by atoms with van der Waals surface area (Å²) in [6.45, 7) is 1.93. The van der Waals surface area contributed by atoms with Gasteiger partial charge in [0.2, 0.25) is 0 Å². The zero-order valence-corrected chi connectivity index (χ0v) is 9.81. The highest BCUT2D eigenvalue weighted by molar-refractivity contribution is 5.79. The van der Waals surface area contributed by atoms with Crippen LogP contribution in [0.4, 0.5) is 5.82 Å². The molecule has 0 saturated heterocycles. The topological polar surface area (TPSA) is 46.1 Å². The highest BCUT2D eigenvalue weighted by atomic mass is 16.1. The average Bonchev–Trinajstić information content (AvgIpc) is 2.30. The first-order valence-electron chi connectivity index (χ1n) is 5.71. The summed E-state index contributed by atoms with van der Waals surface area (Å²) in [6, 6.07) is 4.38. The first kappa shape index (κ1) is 11.0. The molecular weight excluding hydrogens is 202 g/mol. The quantitative estimate of drug-likeness (QED) is 0.760. The Morgan fingerprint density at radius 2 is 1.94 bits per heavy atom.